The van der Waals surface area contributed by atoms with Crippen LogP contribution in [0.1, 0.15) is 10.4 Å². The molecule has 0 atom stereocenters. The van der Waals surface area contributed by atoms with Gasteiger partial charge in [-0.3, -0.25) is 4.79 Å². The number of aromatic carboxylic acids is 1. The van der Waals surface area contributed by atoms with Crippen LogP contribution in [0, 0.1) is 0 Å². The predicted octanol–water partition coefficient (Wildman–Crippen LogP) is 3.02. The van der Waals surface area contributed by atoms with Gasteiger partial charge in [0, 0.05) is 12.3 Å². The third-order valence-electron chi connectivity index (χ3n) is 3.06. The Labute approximate surface area is 119 Å². The molecule has 0 aliphatic rings. The molecule has 2 aromatic carbocycles. The zero-order chi connectivity index (χ0) is 14.8. The van der Waals surface area contributed by atoms with Crippen LogP contribution in [0.15, 0.2) is 59.5 Å². The molecule has 5 heteroatoms. The zero-order valence-electron chi connectivity index (χ0n) is 10.9. The van der Waals surface area contributed by atoms with E-state index in [-0.39, 0.29) is 11.1 Å². The number of fused-ring (bicyclic) bond motifs is 1. The fraction of sp³-hybridized carbons (Fsp3) is 0. The van der Waals surface area contributed by atoms with Gasteiger partial charge in [0.1, 0.15) is 11.5 Å². The Morgan fingerprint density at radius 1 is 1.05 bits per heavy atom. The van der Waals surface area contributed by atoms with Gasteiger partial charge in [-0.05, 0) is 41.1 Å². The first-order valence-electron chi connectivity index (χ1n) is 6.26. The van der Waals surface area contributed by atoms with Crippen molar-refractivity contribution < 1.29 is 14.6 Å². The minimum atomic E-state index is -0.969. The molecule has 1 heterocycles. The van der Waals surface area contributed by atoms with Gasteiger partial charge in [0.05, 0.1) is 5.56 Å². The van der Waals surface area contributed by atoms with E-state index in [1.807, 2.05) is 6.07 Å². The summed E-state index contributed by atoms with van der Waals surface area (Å²) in [5, 5.41) is 10.6. The molecule has 3 aromatic rings. The Balaban J connectivity index is 2.02. The molecule has 2 N–H and O–H groups in total. The van der Waals surface area contributed by atoms with Crippen LogP contribution in [0.3, 0.4) is 0 Å². The minimum absolute atomic E-state index is 0.246. The summed E-state index contributed by atoms with van der Waals surface area (Å²) in [5.74, 6) is -0.00742. The van der Waals surface area contributed by atoms with Gasteiger partial charge in [0.2, 0.25) is 0 Å². The van der Waals surface area contributed by atoms with Crippen molar-refractivity contribution in [2.24, 2.45) is 0 Å². The van der Waals surface area contributed by atoms with Gasteiger partial charge in [0.25, 0.3) is 5.56 Å². The van der Waals surface area contributed by atoms with Crippen LogP contribution in [0.2, 0.25) is 0 Å². The number of hydrogen-bond donors (Lipinski definition) is 2. The molecule has 5 nitrogen and oxygen atoms in total. The maximum absolute atomic E-state index is 11.2. The summed E-state index contributed by atoms with van der Waals surface area (Å²) in [6, 6.07) is 13.1. The van der Waals surface area contributed by atoms with Crippen LogP contribution < -0.4 is 10.3 Å². The fourth-order valence-corrected chi connectivity index (χ4v) is 2.14. The van der Waals surface area contributed by atoms with Crippen LogP contribution in [0.25, 0.3) is 10.8 Å². The van der Waals surface area contributed by atoms with Crippen LogP contribution in [-0.2, 0) is 0 Å². The number of carboxylic acid groups (broad SMARTS) is 1. The maximum Gasteiger partial charge on any atom is 0.336 e. The second kappa shape index (κ2) is 5.13. The zero-order valence-corrected chi connectivity index (χ0v) is 10.9. The van der Waals surface area contributed by atoms with E-state index in [0.717, 1.165) is 5.39 Å². The van der Waals surface area contributed by atoms with Crippen LogP contribution >= 0.6 is 0 Å². The number of carboxylic acids is 1. The Morgan fingerprint density at radius 3 is 2.62 bits per heavy atom. The predicted molar refractivity (Wildman–Crippen MR) is 78.0 cm³/mol. The number of nitrogens with one attached hydrogen (secondary N) is 1. The molecule has 0 unspecified atom stereocenters. The number of H-pyrrole nitrogens is 1. The van der Waals surface area contributed by atoms with Gasteiger partial charge >= 0.3 is 5.97 Å². The molecule has 0 aliphatic heterocycles. The summed E-state index contributed by atoms with van der Waals surface area (Å²) in [4.78, 5) is 24.9. The number of carbonyl (C=O) groups is 1. The van der Waals surface area contributed by atoms with Gasteiger partial charge in [-0.25, -0.2) is 4.79 Å². The highest BCUT2D eigenvalue weighted by atomic mass is 16.5. The SMILES string of the molecule is O=C(O)c1cccc2cc(Oc3cc[nH]c(=O)c3)ccc12. The van der Waals surface area contributed by atoms with Crippen LogP contribution in [0.4, 0.5) is 0 Å². The monoisotopic (exact) mass is 281 g/mol. The highest BCUT2D eigenvalue weighted by molar-refractivity contribution is 6.03. The van der Waals surface area contributed by atoms with Crippen molar-refractivity contribution in [3.63, 3.8) is 0 Å². The van der Waals surface area contributed by atoms with E-state index in [9.17, 15) is 9.59 Å². The molecular weight excluding hydrogens is 270 g/mol. The summed E-state index contributed by atoms with van der Waals surface area (Å²) < 4.78 is 5.60. The molecule has 0 saturated heterocycles. The van der Waals surface area contributed by atoms with E-state index >= 15 is 0 Å². The lowest BCUT2D eigenvalue weighted by Gasteiger charge is -2.07. The first-order valence-corrected chi connectivity index (χ1v) is 6.26. The number of rotatable bonds is 3. The molecule has 0 aliphatic carbocycles. The smallest absolute Gasteiger partial charge is 0.336 e. The van der Waals surface area contributed by atoms with Gasteiger partial charge in [0.15, 0.2) is 0 Å². The first-order chi connectivity index (χ1) is 10.1. The molecule has 104 valence electrons. The van der Waals surface area contributed by atoms with Gasteiger partial charge in [-0.1, -0.05) is 12.1 Å². The quantitative estimate of drug-likeness (QED) is 0.773. The van der Waals surface area contributed by atoms with Crippen molar-refractivity contribution in [2.75, 3.05) is 0 Å². The van der Waals surface area contributed by atoms with Crippen molar-refractivity contribution >= 4 is 16.7 Å². The highest BCUT2D eigenvalue weighted by Gasteiger charge is 2.08. The number of aromatic amines is 1. The first kappa shape index (κ1) is 12.9. The van der Waals surface area contributed by atoms with E-state index < -0.39 is 5.97 Å². The molecular formula is C16H11NO4. The normalized spacial score (nSPS) is 10.5. The van der Waals surface area contributed by atoms with Gasteiger partial charge < -0.3 is 14.8 Å². The number of aromatic nitrogens is 1. The van der Waals surface area contributed by atoms with Crippen molar-refractivity contribution in [1.29, 1.82) is 0 Å². The topological polar surface area (TPSA) is 79.4 Å². The Kier molecular flexibility index (Phi) is 3.16. The van der Waals surface area contributed by atoms with Gasteiger partial charge in [-0.2, -0.15) is 0 Å². The molecule has 0 bridgehead atoms. The van der Waals surface area contributed by atoms with E-state index in [2.05, 4.69) is 4.98 Å². The van der Waals surface area contributed by atoms with E-state index in [1.54, 1.807) is 36.4 Å². The third kappa shape index (κ3) is 2.62. The number of ether oxygens (including phenoxy) is 1. The molecule has 3 rings (SSSR count). The summed E-state index contributed by atoms with van der Waals surface area (Å²) in [5.41, 5.74) is -0.00309. The number of pyridine rings is 1. The fourth-order valence-electron chi connectivity index (χ4n) is 2.14. The summed E-state index contributed by atoms with van der Waals surface area (Å²) >= 11 is 0. The molecule has 1 aromatic heterocycles. The van der Waals surface area contributed by atoms with Crippen molar-refractivity contribution in [3.05, 3.63) is 70.6 Å². The Morgan fingerprint density at radius 2 is 1.86 bits per heavy atom. The van der Waals surface area contributed by atoms with Crippen molar-refractivity contribution in [1.82, 2.24) is 4.98 Å². The molecule has 0 amide bonds. The number of benzene rings is 2. The standard InChI is InChI=1S/C16H11NO4/c18-15-9-12(6-7-17-15)21-11-4-5-13-10(8-11)2-1-3-14(13)16(19)20/h1-9H,(H,17,18)(H,19,20). The van der Waals surface area contributed by atoms with Crippen LogP contribution in [-0.4, -0.2) is 16.1 Å². The average Bonchev–Trinajstić information content (AvgIpc) is 2.46. The second-order valence-corrected chi connectivity index (χ2v) is 4.48. The largest absolute Gasteiger partial charge is 0.478 e. The Bertz CT molecular complexity index is 883. The molecule has 21 heavy (non-hydrogen) atoms. The van der Waals surface area contributed by atoms with E-state index in [1.165, 1.54) is 12.3 Å². The maximum atomic E-state index is 11.2. The molecule has 0 spiro atoms. The van der Waals surface area contributed by atoms with E-state index in [0.29, 0.717) is 16.9 Å². The Hall–Kier alpha value is -3.08. The van der Waals surface area contributed by atoms with Crippen LogP contribution in [0.5, 0.6) is 11.5 Å². The lowest BCUT2D eigenvalue weighted by atomic mass is 10.0. The molecule has 0 fully saturated rings. The summed E-state index contributed by atoms with van der Waals surface area (Å²) in [6.07, 6.45) is 1.50. The molecule has 0 radical (unpaired) electrons. The average molecular weight is 281 g/mol. The number of hydrogen-bond acceptors (Lipinski definition) is 3. The van der Waals surface area contributed by atoms with E-state index in [4.69, 9.17) is 9.84 Å². The summed E-state index contributed by atoms with van der Waals surface area (Å²) in [6.45, 7) is 0. The summed E-state index contributed by atoms with van der Waals surface area (Å²) in [7, 11) is 0. The third-order valence-corrected chi connectivity index (χ3v) is 3.06. The highest BCUT2D eigenvalue weighted by Crippen LogP contribution is 2.26. The lowest BCUT2D eigenvalue weighted by molar-refractivity contribution is 0.0699. The molecule has 0 saturated carbocycles. The minimum Gasteiger partial charge on any atom is -0.478 e. The van der Waals surface area contributed by atoms with Gasteiger partial charge in [-0.15, -0.1) is 0 Å². The lowest BCUT2D eigenvalue weighted by Crippen LogP contribution is -2.02. The van der Waals surface area contributed by atoms with Crippen molar-refractivity contribution in [2.45, 2.75) is 0 Å². The van der Waals surface area contributed by atoms with Crippen molar-refractivity contribution in [3.8, 4) is 11.5 Å². The second-order valence-electron chi connectivity index (χ2n) is 4.48.